The van der Waals surface area contributed by atoms with Gasteiger partial charge in [-0.25, -0.2) is 0 Å². The smallest absolute Gasteiger partial charge is 0.272 e. The summed E-state index contributed by atoms with van der Waals surface area (Å²) in [5.41, 5.74) is -0.156. The molecule has 0 aromatic heterocycles. The summed E-state index contributed by atoms with van der Waals surface area (Å²) >= 11 is 12.1. The maximum absolute atomic E-state index is 10.7. The van der Waals surface area contributed by atoms with E-state index in [0.717, 1.165) is 18.6 Å². The Bertz CT molecular complexity index is 573. The van der Waals surface area contributed by atoms with Crippen LogP contribution in [0.4, 0.5) is 5.69 Å². The fourth-order valence-corrected chi connectivity index (χ4v) is 2.56. The van der Waals surface area contributed by atoms with Crippen LogP contribution in [0.2, 0.25) is 10.0 Å². The van der Waals surface area contributed by atoms with Crippen molar-refractivity contribution in [2.75, 3.05) is 0 Å². The summed E-state index contributed by atoms with van der Waals surface area (Å²) in [6.45, 7) is 2.07. The highest BCUT2D eigenvalue weighted by Gasteiger charge is 2.20. The molecule has 1 aliphatic rings. The van der Waals surface area contributed by atoms with Gasteiger partial charge in [0, 0.05) is 18.1 Å². The molecule has 1 unspecified atom stereocenters. The van der Waals surface area contributed by atoms with Gasteiger partial charge in [-0.2, -0.15) is 0 Å². The molecule has 0 amide bonds. The molecule has 1 aromatic carbocycles. The molecular weight excluding hydrogens is 301 g/mol. The van der Waals surface area contributed by atoms with E-state index in [4.69, 9.17) is 27.9 Å². The first-order valence-electron chi connectivity index (χ1n) is 6.21. The van der Waals surface area contributed by atoms with E-state index in [1.165, 1.54) is 12.1 Å². The van der Waals surface area contributed by atoms with Gasteiger partial charge in [0.15, 0.2) is 5.75 Å². The van der Waals surface area contributed by atoms with E-state index in [-0.39, 0.29) is 27.4 Å². The summed E-state index contributed by atoms with van der Waals surface area (Å²) in [5, 5.41) is 11.0. The van der Waals surface area contributed by atoms with Gasteiger partial charge < -0.3 is 4.74 Å². The van der Waals surface area contributed by atoms with E-state index in [1.54, 1.807) is 0 Å². The fraction of sp³-hybridized carbons (Fsp3) is 0.286. The van der Waals surface area contributed by atoms with Gasteiger partial charge in [0.1, 0.15) is 5.76 Å². The number of rotatable bonds is 4. The topological polar surface area (TPSA) is 52.4 Å². The van der Waals surface area contributed by atoms with Gasteiger partial charge in [0.05, 0.1) is 15.0 Å². The minimum absolute atomic E-state index is 0.134. The Morgan fingerprint density at radius 2 is 2.05 bits per heavy atom. The number of hydrogen-bond acceptors (Lipinski definition) is 3. The lowest BCUT2D eigenvalue weighted by Crippen LogP contribution is -2.11. The number of benzene rings is 1. The lowest BCUT2D eigenvalue weighted by molar-refractivity contribution is -0.384. The van der Waals surface area contributed by atoms with Crippen LogP contribution in [0.15, 0.2) is 36.1 Å². The highest BCUT2D eigenvalue weighted by Crippen LogP contribution is 2.39. The van der Waals surface area contributed by atoms with Gasteiger partial charge in [-0.05, 0) is 18.9 Å². The van der Waals surface area contributed by atoms with Crippen molar-refractivity contribution in [1.82, 2.24) is 0 Å². The molecular formula is C14H13Cl2NO3. The van der Waals surface area contributed by atoms with Crippen LogP contribution in [0.1, 0.15) is 19.8 Å². The molecule has 0 spiro atoms. The maximum atomic E-state index is 10.7. The predicted molar refractivity (Wildman–Crippen MR) is 79.4 cm³/mol. The molecule has 0 saturated carbocycles. The third kappa shape index (κ3) is 3.14. The van der Waals surface area contributed by atoms with Gasteiger partial charge in [0.2, 0.25) is 0 Å². The lowest BCUT2D eigenvalue weighted by atomic mass is 9.96. The number of nitro groups is 1. The second-order valence-electron chi connectivity index (χ2n) is 4.44. The van der Waals surface area contributed by atoms with Crippen LogP contribution in [0.5, 0.6) is 5.75 Å². The maximum Gasteiger partial charge on any atom is 0.272 e. The summed E-state index contributed by atoms with van der Waals surface area (Å²) in [6.07, 6.45) is 7.67. The molecule has 0 heterocycles. The summed E-state index contributed by atoms with van der Waals surface area (Å²) in [4.78, 5) is 10.2. The summed E-state index contributed by atoms with van der Waals surface area (Å²) in [7, 11) is 0. The minimum atomic E-state index is -0.543. The highest BCUT2D eigenvalue weighted by atomic mass is 35.5. The molecule has 0 fully saturated rings. The molecule has 0 aliphatic heterocycles. The first kappa shape index (κ1) is 14.9. The Morgan fingerprint density at radius 1 is 1.40 bits per heavy atom. The molecule has 6 heteroatoms. The van der Waals surface area contributed by atoms with Gasteiger partial charge >= 0.3 is 0 Å². The van der Waals surface area contributed by atoms with Crippen LogP contribution in [0, 0.1) is 16.0 Å². The third-order valence-electron chi connectivity index (χ3n) is 3.13. The molecule has 0 radical (unpaired) electrons. The number of allylic oxidation sites excluding steroid dienone is 4. The summed E-state index contributed by atoms with van der Waals surface area (Å²) < 4.78 is 5.78. The van der Waals surface area contributed by atoms with Crippen molar-refractivity contribution < 1.29 is 9.66 Å². The van der Waals surface area contributed by atoms with Crippen molar-refractivity contribution >= 4 is 28.9 Å². The first-order chi connectivity index (χ1) is 9.52. The zero-order valence-corrected chi connectivity index (χ0v) is 12.3. The molecule has 1 aliphatic carbocycles. The van der Waals surface area contributed by atoms with Crippen molar-refractivity contribution in [1.29, 1.82) is 0 Å². The SMILES string of the molecule is CCC1CC=CC=C1Oc1c(Cl)cc([N+](=O)[O-])cc1Cl. The van der Waals surface area contributed by atoms with Crippen molar-refractivity contribution in [3.63, 3.8) is 0 Å². The van der Waals surface area contributed by atoms with Gasteiger partial charge in [-0.15, -0.1) is 0 Å². The Hall–Kier alpha value is -1.52. The van der Waals surface area contributed by atoms with Gasteiger partial charge in [-0.3, -0.25) is 10.1 Å². The van der Waals surface area contributed by atoms with Crippen molar-refractivity contribution in [3.8, 4) is 5.75 Å². The van der Waals surface area contributed by atoms with Gasteiger partial charge in [-0.1, -0.05) is 42.3 Å². The van der Waals surface area contributed by atoms with Crippen LogP contribution in [0.3, 0.4) is 0 Å². The molecule has 1 atom stereocenters. The molecule has 20 heavy (non-hydrogen) atoms. The molecule has 4 nitrogen and oxygen atoms in total. The average molecular weight is 314 g/mol. The van der Waals surface area contributed by atoms with Crippen LogP contribution in [0.25, 0.3) is 0 Å². The fourth-order valence-electron chi connectivity index (χ4n) is 2.01. The molecule has 2 rings (SSSR count). The summed E-state index contributed by atoms with van der Waals surface area (Å²) in [6, 6.07) is 2.48. The Kier molecular flexibility index (Phi) is 4.68. The van der Waals surface area contributed by atoms with Crippen LogP contribution >= 0.6 is 23.2 Å². The Balaban J connectivity index is 2.32. The second-order valence-corrected chi connectivity index (χ2v) is 5.25. The van der Waals surface area contributed by atoms with Crippen molar-refractivity contribution in [3.05, 3.63) is 56.3 Å². The molecule has 0 N–H and O–H groups in total. The van der Waals surface area contributed by atoms with E-state index in [9.17, 15) is 10.1 Å². The van der Waals surface area contributed by atoms with E-state index < -0.39 is 4.92 Å². The third-order valence-corrected chi connectivity index (χ3v) is 3.69. The largest absolute Gasteiger partial charge is 0.458 e. The molecule has 1 aromatic rings. The molecule has 0 bridgehead atoms. The quantitative estimate of drug-likeness (QED) is 0.570. The minimum Gasteiger partial charge on any atom is -0.458 e. The van der Waals surface area contributed by atoms with E-state index in [1.807, 2.05) is 12.2 Å². The average Bonchev–Trinajstić information content (AvgIpc) is 2.42. The number of nitro benzene ring substituents is 1. The van der Waals surface area contributed by atoms with Crippen LogP contribution in [-0.2, 0) is 0 Å². The number of halogens is 2. The van der Waals surface area contributed by atoms with E-state index in [0.29, 0.717) is 0 Å². The molecule has 106 valence electrons. The normalized spacial score (nSPS) is 17.8. The summed E-state index contributed by atoms with van der Waals surface area (Å²) in [5.74, 6) is 1.30. The standard InChI is InChI=1S/C14H13Cl2NO3/c1-2-9-5-3-4-6-13(9)20-14-11(15)7-10(17(18)19)8-12(14)16/h3-4,6-9H,2,5H2,1H3. The van der Waals surface area contributed by atoms with Gasteiger partial charge in [0.25, 0.3) is 5.69 Å². The van der Waals surface area contributed by atoms with E-state index in [2.05, 4.69) is 13.0 Å². The monoisotopic (exact) mass is 313 g/mol. The number of hydrogen-bond donors (Lipinski definition) is 0. The highest BCUT2D eigenvalue weighted by molar-refractivity contribution is 6.37. The van der Waals surface area contributed by atoms with E-state index >= 15 is 0 Å². The number of non-ortho nitro benzene ring substituents is 1. The van der Waals surface area contributed by atoms with Crippen LogP contribution in [-0.4, -0.2) is 4.92 Å². The lowest BCUT2D eigenvalue weighted by Gasteiger charge is -2.21. The zero-order chi connectivity index (χ0) is 14.7. The molecule has 0 saturated heterocycles. The van der Waals surface area contributed by atoms with Crippen molar-refractivity contribution in [2.45, 2.75) is 19.8 Å². The Morgan fingerprint density at radius 3 is 2.60 bits per heavy atom. The van der Waals surface area contributed by atoms with Crippen molar-refractivity contribution in [2.24, 2.45) is 5.92 Å². The zero-order valence-electron chi connectivity index (χ0n) is 10.8. The predicted octanol–water partition coefficient (Wildman–Crippen LogP) is 5.15. The first-order valence-corrected chi connectivity index (χ1v) is 6.96. The van der Waals surface area contributed by atoms with Crippen LogP contribution < -0.4 is 4.74 Å². The second kappa shape index (κ2) is 6.29. The number of nitrogens with zero attached hydrogens (tertiary/aromatic N) is 1. The Labute approximate surface area is 126 Å². The number of ether oxygens (including phenoxy) is 1.